The van der Waals surface area contributed by atoms with E-state index in [0.29, 0.717) is 6.04 Å². The molecule has 0 aliphatic rings. The van der Waals surface area contributed by atoms with Gasteiger partial charge in [-0.2, -0.15) is 4.37 Å². The van der Waals surface area contributed by atoms with Gasteiger partial charge in [-0.1, -0.05) is 48.0 Å². The minimum Gasteiger partial charge on any atom is -0.312 e. The number of hydrogen-bond donors (Lipinski definition) is 1. The van der Waals surface area contributed by atoms with Crippen molar-refractivity contribution in [1.29, 1.82) is 0 Å². The molecule has 1 heterocycles. The zero-order chi connectivity index (χ0) is 14.5. The average molecular weight is 307 g/mol. The third-order valence-electron chi connectivity index (χ3n) is 3.13. The molecule has 1 unspecified atom stereocenters. The van der Waals surface area contributed by atoms with E-state index in [4.69, 9.17) is 0 Å². The Morgan fingerprint density at radius 3 is 2.50 bits per heavy atom. The highest BCUT2D eigenvalue weighted by Gasteiger charge is 2.12. The average Bonchev–Trinajstić information content (AvgIpc) is 2.86. The Balaban J connectivity index is 2.04. The number of aryl methyl sites for hydroxylation is 3. The van der Waals surface area contributed by atoms with Crippen LogP contribution in [0.5, 0.6) is 0 Å². The van der Waals surface area contributed by atoms with Crippen LogP contribution in [0.2, 0.25) is 0 Å². The number of hydrogen-bond acceptors (Lipinski definition) is 5. The molecule has 0 aliphatic heterocycles. The van der Waals surface area contributed by atoms with Crippen LogP contribution in [0.1, 0.15) is 35.5 Å². The Morgan fingerprint density at radius 1 is 1.25 bits per heavy atom. The minimum atomic E-state index is 0.340. The third kappa shape index (κ3) is 4.04. The highest BCUT2D eigenvalue weighted by atomic mass is 32.2. The normalized spacial score (nSPS) is 12.6. The number of aromatic nitrogens is 2. The van der Waals surface area contributed by atoms with Gasteiger partial charge in [0, 0.05) is 18.2 Å². The molecule has 0 spiro atoms. The van der Waals surface area contributed by atoms with Gasteiger partial charge in [-0.05, 0) is 38.0 Å². The molecule has 0 radical (unpaired) electrons. The summed E-state index contributed by atoms with van der Waals surface area (Å²) in [6.45, 7) is 6.38. The van der Waals surface area contributed by atoms with Crippen molar-refractivity contribution in [3.8, 4) is 0 Å². The standard InChI is InChI=1S/C15H21N3S2/c1-5-14-17-15(20-18-14)19-9-13(16-4)12-7-10(2)6-11(3)8-12/h6-8,13,16H,5,9H2,1-4H3. The maximum atomic E-state index is 4.51. The van der Waals surface area contributed by atoms with Gasteiger partial charge in [-0.25, -0.2) is 4.98 Å². The predicted molar refractivity (Wildman–Crippen MR) is 87.7 cm³/mol. The van der Waals surface area contributed by atoms with E-state index in [9.17, 15) is 0 Å². The molecule has 108 valence electrons. The van der Waals surface area contributed by atoms with Crippen molar-refractivity contribution >= 4 is 23.3 Å². The molecule has 2 aromatic rings. The molecular weight excluding hydrogens is 286 g/mol. The van der Waals surface area contributed by atoms with Gasteiger partial charge in [0.15, 0.2) is 4.34 Å². The molecule has 1 N–H and O–H groups in total. The highest BCUT2D eigenvalue weighted by molar-refractivity contribution is 8.00. The van der Waals surface area contributed by atoms with Gasteiger partial charge in [0.25, 0.3) is 0 Å². The van der Waals surface area contributed by atoms with E-state index in [1.807, 2.05) is 7.05 Å². The van der Waals surface area contributed by atoms with Crippen molar-refractivity contribution in [2.75, 3.05) is 12.8 Å². The maximum Gasteiger partial charge on any atom is 0.170 e. The summed E-state index contributed by atoms with van der Waals surface area (Å²) < 4.78 is 5.39. The van der Waals surface area contributed by atoms with Gasteiger partial charge in [0.1, 0.15) is 5.82 Å². The molecule has 0 saturated carbocycles. The van der Waals surface area contributed by atoms with Crippen molar-refractivity contribution < 1.29 is 0 Å². The first-order chi connectivity index (χ1) is 9.62. The molecule has 1 aromatic carbocycles. The van der Waals surface area contributed by atoms with Crippen molar-refractivity contribution in [2.45, 2.75) is 37.6 Å². The Hall–Kier alpha value is -0.910. The van der Waals surface area contributed by atoms with Crippen LogP contribution in [-0.2, 0) is 6.42 Å². The van der Waals surface area contributed by atoms with Gasteiger partial charge in [-0.3, -0.25) is 0 Å². The van der Waals surface area contributed by atoms with Crippen LogP contribution in [0.3, 0.4) is 0 Å². The molecule has 1 atom stereocenters. The lowest BCUT2D eigenvalue weighted by Gasteiger charge is -2.17. The summed E-state index contributed by atoms with van der Waals surface area (Å²) in [7, 11) is 2.01. The number of nitrogens with zero attached hydrogens (tertiary/aromatic N) is 2. The molecule has 5 heteroatoms. The second kappa shape index (κ2) is 7.20. The number of benzene rings is 1. The molecule has 0 aliphatic carbocycles. The topological polar surface area (TPSA) is 37.8 Å². The molecule has 20 heavy (non-hydrogen) atoms. The van der Waals surface area contributed by atoms with Crippen LogP contribution in [0.4, 0.5) is 0 Å². The van der Waals surface area contributed by atoms with Crippen molar-refractivity contribution in [3.63, 3.8) is 0 Å². The first-order valence-corrected chi connectivity index (χ1v) is 8.59. The van der Waals surface area contributed by atoms with E-state index >= 15 is 0 Å². The van der Waals surface area contributed by atoms with Crippen molar-refractivity contribution in [2.24, 2.45) is 0 Å². The van der Waals surface area contributed by atoms with E-state index in [1.54, 1.807) is 11.8 Å². The molecule has 3 nitrogen and oxygen atoms in total. The Morgan fingerprint density at radius 2 is 1.95 bits per heavy atom. The summed E-state index contributed by atoms with van der Waals surface area (Å²) in [4.78, 5) is 4.51. The first-order valence-electron chi connectivity index (χ1n) is 6.83. The summed E-state index contributed by atoms with van der Waals surface area (Å²) in [6.07, 6.45) is 0.906. The quantitative estimate of drug-likeness (QED) is 0.824. The SMILES string of the molecule is CCc1nsc(SCC(NC)c2cc(C)cc(C)c2)n1. The largest absolute Gasteiger partial charge is 0.312 e. The maximum absolute atomic E-state index is 4.51. The van der Waals surface area contributed by atoms with Gasteiger partial charge >= 0.3 is 0 Å². The molecule has 2 rings (SSSR count). The van der Waals surface area contributed by atoms with E-state index < -0.39 is 0 Å². The lowest BCUT2D eigenvalue weighted by molar-refractivity contribution is 0.660. The molecule has 0 amide bonds. The Labute approximate surface area is 129 Å². The van der Waals surface area contributed by atoms with E-state index in [0.717, 1.165) is 22.3 Å². The number of thioether (sulfide) groups is 1. The van der Waals surface area contributed by atoms with Crippen molar-refractivity contribution in [1.82, 2.24) is 14.7 Å². The molecule has 0 fully saturated rings. The summed E-state index contributed by atoms with van der Waals surface area (Å²) >= 11 is 3.28. The fraction of sp³-hybridized carbons (Fsp3) is 0.467. The van der Waals surface area contributed by atoms with Gasteiger partial charge in [-0.15, -0.1) is 0 Å². The van der Waals surface area contributed by atoms with Crippen LogP contribution in [0.25, 0.3) is 0 Å². The minimum absolute atomic E-state index is 0.340. The predicted octanol–water partition coefficient (Wildman–Crippen LogP) is 3.77. The second-order valence-corrected chi connectivity index (χ2v) is 6.92. The van der Waals surface area contributed by atoms with Crippen LogP contribution in [-0.4, -0.2) is 22.2 Å². The van der Waals surface area contributed by atoms with Crippen LogP contribution in [0, 0.1) is 13.8 Å². The number of rotatable bonds is 6. The van der Waals surface area contributed by atoms with E-state index in [1.165, 1.54) is 28.2 Å². The highest BCUT2D eigenvalue weighted by Crippen LogP contribution is 2.27. The van der Waals surface area contributed by atoms with E-state index in [-0.39, 0.29) is 0 Å². The third-order valence-corrected chi connectivity index (χ3v) is 5.10. The number of nitrogens with one attached hydrogen (secondary N) is 1. The molecular formula is C15H21N3S2. The van der Waals surface area contributed by atoms with Crippen molar-refractivity contribution in [3.05, 3.63) is 40.7 Å². The zero-order valence-electron chi connectivity index (χ0n) is 12.4. The lowest BCUT2D eigenvalue weighted by Crippen LogP contribution is -2.19. The molecule has 0 saturated heterocycles. The summed E-state index contributed by atoms with van der Waals surface area (Å²) in [5.41, 5.74) is 3.97. The van der Waals surface area contributed by atoms with E-state index in [2.05, 4.69) is 53.6 Å². The van der Waals surface area contributed by atoms with Gasteiger partial charge in [0.2, 0.25) is 0 Å². The van der Waals surface area contributed by atoms with Crippen LogP contribution < -0.4 is 5.32 Å². The summed E-state index contributed by atoms with van der Waals surface area (Å²) in [6, 6.07) is 7.06. The lowest BCUT2D eigenvalue weighted by atomic mass is 10.0. The summed E-state index contributed by atoms with van der Waals surface area (Å²) in [5, 5.41) is 3.40. The van der Waals surface area contributed by atoms with Crippen LogP contribution >= 0.6 is 23.3 Å². The fourth-order valence-corrected chi connectivity index (χ4v) is 4.02. The zero-order valence-corrected chi connectivity index (χ0v) is 14.1. The Bertz CT molecular complexity index is 546. The first kappa shape index (κ1) is 15.5. The smallest absolute Gasteiger partial charge is 0.170 e. The molecule has 0 bridgehead atoms. The monoisotopic (exact) mass is 307 g/mol. The van der Waals surface area contributed by atoms with Crippen LogP contribution in [0.15, 0.2) is 22.5 Å². The Kier molecular flexibility index (Phi) is 5.57. The van der Waals surface area contributed by atoms with Gasteiger partial charge < -0.3 is 5.32 Å². The van der Waals surface area contributed by atoms with Gasteiger partial charge in [0.05, 0.1) is 0 Å². The summed E-state index contributed by atoms with van der Waals surface area (Å²) in [5.74, 6) is 1.92. The molecule has 1 aromatic heterocycles. The second-order valence-electron chi connectivity index (χ2n) is 4.90. The fourth-order valence-electron chi connectivity index (χ4n) is 2.15.